The fourth-order valence-electron chi connectivity index (χ4n) is 1.88. The SMILES string of the molecule is COCCN(CCCC(C)(C)C(=O)O)CC(C)C. The number of nitrogens with zero attached hydrogens (tertiary/aromatic N) is 1. The van der Waals surface area contributed by atoms with Crippen LogP contribution in [-0.4, -0.2) is 49.3 Å². The van der Waals surface area contributed by atoms with Crippen molar-refractivity contribution in [1.29, 1.82) is 0 Å². The molecule has 108 valence electrons. The fourth-order valence-corrected chi connectivity index (χ4v) is 1.88. The average Bonchev–Trinajstić information content (AvgIpc) is 2.24. The number of methoxy groups -OCH3 is 1. The first-order chi connectivity index (χ1) is 8.29. The normalized spacial score (nSPS) is 12.4. The van der Waals surface area contributed by atoms with Gasteiger partial charge in [0, 0.05) is 20.2 Å². The molecule has 0 heterocycles. The third-order valence-electron chi connectivity index (χ3n) is 3.09. The van der Waals surface area contributed by atoms with Crippen LogP contribution < -0.4 is 0 Å². The van der Waals surface area contributed by atoms with Gasteiger partial charge in [0.1, 0.15) is 0 Å². The molecule has 0 aromatic rings. The summed E-state index contributed by atoms with van der Waals surface area (Å²) in [6, 6.07) is 0. The second kappa shape index (κ2) is 8.48. The Kier molecular flexibility index (Phi) is 8.20. The predicted octanol–water partition coefficient (Wildman–Crippen LogP) is 2.48. The number of aliphatic carboxylic acids is 1. The van der Waals surface area contributed by atoms with Crippen molar-refractivity contribution in [2.45, 2.75) is 40.5 Å². The Balaban J connectivity index is 4.05. The highest BCUT2D eigenvalue weighted by Gasteiger charge is 2.26. The molecule has 0 saturated carbocycles. The molecule has 0 aliphatic rings. The van der Waals surface area contributed by atoms with E-state index >= 15 is 0 Å². The van der Waals surface area contributed by atoms with E-state index in [4.69, 9.17) is 9.84 Å². The maximum Gasteiger partial charge on any atom is 0.309 e. The molecular weight excluding hydrogens is 230 g/mol. The first-order valence-corrected chi connectivity index (χ1v) is 6.74. The highest BCUT2D eigenvalue weighted by molar-refractivity contribution is 5.73. The largest absolute Gasteiger partial charge is 0.481 e. The van der Waals surface area contributed by atoms with E-state index in [2.05, 4.69) is 18.7 Å². The van der Waals surface area contributed by atoms with E-state index in [1.54, 1.807) is 21.0 Å². The summed E-state index contributed by atoms with van der Waals surface area (Å²) in [4.78, 5) is 13.4. The zero-order valence-electron chi connectivity index (χ0n) is 12.5. The van der Waals surface area contributed by atoms with E-state index in [1.807, 2.05) is 0 Å². The summed E-state index contributed by atoms with van der Waals surface area (Å²) >= 11 is 0. The van der Waals surface area contributed by atoms with Crippen molar-refractivity contribution in [3.63, 3.8) is 0 Å². The minimum atomic E-state index is -0.713. The number of hydrogen-bond donors (Lipinski definition) is 1. The van der Waals surface area contributed by atoms with Gasteiger partial charge < -0.3 is 14.7 Å². The van der Waals surface area contributed by atoms with Crippen LogP contribution in [0, 0.1) is 11.3 Å². The zero-order chi connectivity index (χ0) is 14.2. The molecule has 0 radical (unpaired) electrons. The quantitative estimate of drug-likeness (QED) is 0.655. The summed E-state index contributed by atoms with van der Waals surface area (Å²) in [7, 11) is 1.71. The Bertz CT molecular complexity index is 239. The van der Waals surface area contributed by atoms with E-state index in [1.165, 1.54) is 0 Å². The van der Waals surface area contributed by atoms with Crippen LogP contribution in [0.1, 0.15) is 40.5 Å². The highest BCUT2D eigenvalue weighted by Crippen LogP contribution is 2.22. The Morgan fingerprint density at radius 3 is 2.39 bits per heavy atom. The maximum atomic E-state index is 11.0. The van der Waals surface area contributed by atoms with E-state index < -0.39 is 11.4 Å². The Labute approximate surface area is 111 Å². The van der Waals surface area contributed by atoms with Crippen LogP contribution in [0.5, 0.6) is 0 Å². The van der Waals surface area contributed by atoms with E-state index in [0.717, 1.165) is 32.7 Å². The number of rotatable bonds is 10. The van der Waals surface area contributed by atoms with Crippen molar-refractivity contribution in [3.05, 3.63) is 0 Å². The molecule has 0 saturated heterocycles. The van der Waals surface area contributed by atoms with Gasteiger partial charge in [0.25, 0.3) is 0 Å². The number of carboxylic acids is 1. The van der Waals surface area contributed by atoms with Crippen LogP contribution in [0.15, 0.2) is 0 Å². The molecule has 0 spiro atoms. The standard InChI is InChI=1S/C14H29NO3/c1-12(2)11-15(9-10-18-5)8-6-7-14(3,4)13(16)17/h12H,6-11H2,1-5H3,(H,16,17). The lowest BCUT2D eigenvalue weighted by molar-refractivity contribution is -0.147. The number of ether oxygens (including phenoxy) is 1. The van der Waals surface area contributed by atoms with Crippen LogP contribution in [0.4, 0.5) is 0 Å². The Morgan fingerprint density at radius 2 is 1.94 bits per heavy atom. The van der Waals surface area contributed by atoms with Gasteiger partial charge in [-0.2, -0.15) is 0 Å². The van der Waals surface area contributed by atoms with Crippen LogP contribution in [0.2, 0.25) is 0 Å². The molecular formula is C14H29NO3. The first-order valence-electron chi connectivity index (χ1n) is 6.74. The van der Waals surface area contributed by atoms with Gasteiger partial charge >= 0.3 is 5.97 Å². The van der Waals surface area contributed by atoms with E-state index in [0.29, 0.717) is 12.3 Å². The van der Waals surface area contributed by atoms with Crippen molar-refractivity contribution in [1.82, 2.24) is 4.90 Å². The van der Waals surface area contributed by atoms with Crippen molar-refractivity contribution in [2.24, 2.45) is 11.3 Å². The van der Waals surface area contributed by atoms with Crippen LogP contribution in [0.3, 0.4) is 0 Å². The van der Waals surface area contributed by atoms with Crippen molar-refractivity contribution >= 4 is 5.97 Å². The molecule has 4 nitrogen and oxygen atoms in total. The van der Waals surface area contributed by atoms with Crippen molar-refractivity contribution < 1.29 is 14.6 Å². The topological polar surface area (TPSA) is 49.8 Å². The molecule has 0 bridgehead atoms. The summed E-state index contributed by atoms with van der Waals surface area (Å²) in [5, 5.41) is 9.06. The number of carboxylic acid groups (broad SMARTS) is 1. The summed E-state index contributed by atoms with van der Waals surface area (Å²) < 4.78 is 5.10. The minimum Gasteiger partial charge on any atom is -0.481 e. The van der Waals surface area contributed by atoms with Gasteiger partial charge in [-0.1, -0.05) is 13.8 Å². The summed E-state index contributed by atoms with van der Waals surface area (Å²) in [6.45, 7) is 11.6. The summed E-state index contributed by atoms with van der Waals surface area (Å²) in [6.07, 6.45) is 1.62. The third-order valence-corrected chi connectivity index (χ3v) is 3.09. The summed E-state index contributed by atoms with van der Waals surface area (Å²) in [5.74, 6) is -0.0934. The average molecular weight is 259 g/mol. The predicted molar refractivity (Wildman–Crippen MR) is 73.8 cm³/mol. The first kappa shape index (κ1) is 17.4. The smallest absolute Gasteiger partial charge is 0.309 e. The lowest BCUT2D eigenvalue weighted by Crippen LogP contribution is -2.33. The fraction of sp³-hybridized carbons (Fsp3) is 0.929. The van der Waals surface area contributed by atoms with Gasteiger partial charge in [0.05, 0.1) is 12.0 Å². The van der Waals surface area contributed by atoms with Gasteiger partial charge in [0.2, 0.25) is 0 Å². The molecule has 0 aromatic heterocycles. The lowest BCUT2D eigenvalue weighted by atomic mass is 9.88. The van der Waals surface area contributed by atoms with Gasteiger partial charge in [-0.15, -0.1) is 0 Å². The lowest BCUT2D eigenvalue weighted by Gasteiger charge is -2.26. The molecule has 0 aromatic carbocycles. The molecule has 18 heavy (non-hydrogen) atoms. The van der Waals surface area contributed by atoms with Crippen LogP contribution >= 0.6 is 0 Å². The second-order valence-electron chi connectivity index (χ2n) is 5.98. The minimum absolute atomic E-state index is 0.620. The number of hydrogen-bond acceptors (Lipinski definition) is 3. The van der Waals surface area contributed by atoms with Crippen molar-refractivity contribution in [2.75, 3.05) is 33.4 Å². The zero-order valence-corrected chi connectivity index (χ0v) is 12.5. The maximum absolute atomic E-state index is 11.0. The molecule has 0 fully saturated rings. The van der Waals surface area contributed by atoms with E-state index in [-0.39, 0.29) is 0 Å². The monoisotopic (exact) mass is 259 g/mol. The molecule has 0 atom stereocenters. The van der Waals surface area contributed by atoms with Crippen LogP contribution in [-0.2, 0) is 9.53 Å². The van der Waals surface area contributed by atoms with Gasteiger partial charge in [-0.05, 0) is 39.2 Å². The van der Waals surface area contributed by atoms with Gasteiger partial charge in [-0.3, -0.25) is 4.79 Å². The third kappa shape index (κ3) is 7.67. The molecule has 4 heteroatoms. The summed E-state index contributed by atoms with van der Waals surface area (Å²) in [5.41, 5.74) is -0.620. The molecule has 1 N–H and O–H groups in total. The Hall–Kier alpha value is -0.610. The molecule has 0 amide bonds. The van der Waals surface area contributed by atoms with Crippen LogP contribution in [0.25, 0.3) is 0 Å². The molecule has 0 aliphatic carbocycles. The molecule has 0 aliphatic heterocycles. The second-order valence-corrected chi connectivity index (χ2v) is 5.98. The highest BCUT2D eigenvalue weighted by atomic mass is 16.5. The molecule has 0 rings (SSSR count). The molecule has 0 unspecified atom stereocenters. The van der Waals surface area contributed by atoms with Gasteiger partial charge in [0.15, 0.2) is 0 Å². The van der Waals surface area contributed by atoms with E-state index in [9.17, 15) is 4.79 Å². The Morgan fingerprint density at radius 1 is 1.33 bits per heavy atom. The van der Waals surface area contributed by atoms with Crippen molar-refractivity contribution in [3.8, 4) is 0 Å². The number of carbonyl (C=O) groups is 1. The van der Waals surface area contributed by atoms with Gasteiger partial charge in [-0.25, -0.2) is 0 Å².